The van der Waals surface area contributed by atoms with Crippen LogP contribution in [0.25, 0.3) is 0 Å². The molecule has 0 aliphatic heterocycles. The van der Waals surface area contributed by atoms with Gasteiger partial charge in [0.2, 0.25) is 0 Å². The largest absolute Gasteiger partial charge is 0.242 e. The van der Waals surface area contributed by atoms with Crippen LogP contribution in [0.5, 0.6) is 0 Å². The van der Waals surface area contributed by atoms with Crippen LogP contribution in [0.15, 0.2) is 18.2 Å². The molecule has 1 atom stereocenters. The van der Waals surface area contributed by atoms with E-state index in [4.69, 9.17) is 0 Å². The summed E-state index contributed by atoms with van der Waals surface area (Å²) in [5.41, 5.74) is -0.343. The quantitative estimate of drug-likeness (QED) is 0.591. The summed E-state index contributed by atoms with van der Waals surface area (Å²) >= 11 is 0. The maximum atomic E-state index is 12.6. The molecule has 0 saturated carbocycles. The first-order valence-corrected chi connectivity index (χ1v) is 3.03. The van der Waals surface area contributed by atoms with Gasteiger partial charge in [0.05, 0.1) is 0 Å². The molecule has 11 heavy (non-hydrogen) atoms. The first kappa shape index (κ1) is 8.11. The average molecular weight is 159 g/mol. The number of hydrogen-bond acceptors (Lipinski definition) is 0. The summed E-state index contributed by atoms with van der Waals surface area (Å²) in [6.07, 6.45) is -1.72. The predicted octanol–water partition coefficient (Wildman–Crippen LogP) is 2.81. The Hall–Kier alpha value is -0.990. The molecule has 0 heterocycles. The van der Waals surface area contributed by atoms with Gasteiger partial charge >= 0.3 is 0 Å². The van der Waals surface area contributed by atoms with Gasteiger partial charge in [-0.1, -0.05) is 0 Å². The molecule has 0 saturated heterocycles. The van der Waals surface area contributed by atoms with Crippen molar-refractivity contribution in [3.05, 3.63) is 42.3 Å². The van der Waals surface area contributed by atoms with Crippen LogP contribution in [0, 0.1) is 18.6 Å². The Morgan fingerprint density at radius 1 is 1.27 bits per heavy atom. The van der Waals surface area contributed by atoms with Gasteiger partial charge in [0.1, 0.15) is 17.8 Å². The van der Waals surface area contributed by atoms with Crippen LogP contribution in [0.2, 0.25) is 0 Å². The molecule has 0 aliphatic rings. The fourth-order valence-electron chi connectivity index (χ4n) is 0.755. The van der Waals surface area contributed by atoms with Gasteiger partial charge in [-0.15, -0.1) is 0 Å². The highest BCUT2D eigenvalue weighted by Gasteiger charge is 2.09. The maximum absolute atomic E-state index is 12.6. The van der Waals surface area contributed by atoms with Crippen LogP contribution in [0.3, 0.4) is 0 Å². The van der Waals surface area contributed by atoms with Crippen molar-refractivity contribution in [1.82, 2.24) is 0 Å². The lowest BCUT2D eigenvalue weighted by Crippen LogP contribution is -1.92. The molecule has 1 radical (unpaired) electrons. The van der Waals surface area contributed by atoms with E-state index >= 15 is 0 Å². The van der Waals surface area contributed by atoms with E-state index in [1.165, 1.54) is 0 Å². The molecule has 0 nitrogen and oxygen atoms in total. The fraction of sp³-hybridized carbons (Fsp3) is 0.125. The third kappa shape index (κ3) is 1.73. The lowest BCUT2D eigenvalue weighted by molar-refractivity contribution is 0.394. The van der Waals surface area contributed by atoms with Gasteiger partial charge in [-0.05, 0) is 25.1 Å². The van der Waals surface area contributed by atoms with Crippen molar-refractivity contribution in [1.29, 1.82) is 0 Å². The minimum atomic E-state index is -1.72. The van der Waals surface area contributed by atoms with Crippen molar-refractivity contribution in [2.75, 3.05) is 0 Å². The summed E-state index contributed by atoms with van der Waals surface area (Å²) in [6, 6.07) is 2.61. The average Bonchev–Trinajstić information content (AvgIpc) is 1.94. The smallest absolute Gasteiger partial charge is 0.129 e. The molecule has 1 aromatic carbocycles. The van der Waals surface area contributed by atoms with Crippen molar-refractivity contribution in [3.8, 4) is 0 Å². The van der Waals surface area contributed by atoms with Gasteiger partial charge < -0.3 is 0 Å². The van der Waals surface area contributed by atoms with Gasteiger partial charge in [0, 0.05) is 5.56 Å². The molecule has 0 amide bonds. The van der Waals surface area contributed by atoms with Gasteiger partial charge in [-0.25, -0.2) is 13.2 Å². The molecule has 1 aromatic rings. The highest BCUT2D eigenvalue weighted by atomic mass is 19.1. The molecular formula is C8H6F3. The van der Waals surface area contributed by atoms with Crippen molar-refractivity contribution >= 4 is 0 Å². The Labute approximate surface area is 62.7 Å². The molecule has 0 aromatic heterocycles. The zero-order valence-electron chi connectivity index (χ0n) is 5.65. The molecular weight excluding hydrogens is 153 g/mol. The SMILES string of the molecule is [CH2]C(F)c1cc(F)ccc1F. The normalized spacial score (nSPS) is 13.1. The predicted molar refractivity (Wildman–Crippen MR) is 35.6 cm³/mol. The topological polar surface area (TPSA) is 0 Å². The van der Waals surface area contributed by atoms with Crippen LogP contribution >= 0.6 is 0 Å². The summed E-state index contributed by atoms with van der Waals surface area (Å²) < 4.78 is 37.3. The van der Waals surface area contributed by atoms with Crippen LogP contribution in [-0.2, 0) is 0 Å². The summed E-state index contributed by atoms with van der Waals surface area (Å²) in [5.74, 6) is -1.43. The second-order valence-electron chi connectivity index (χ2n) is 2.13. The first-order valence-electron chi connectivity index (χ1n) is 3.03. The van der Waals surface area contributed by atoms with Gasteiger partial charge in [-0.3, -0.25) is 0 Å². The Balaban J connectivity index is 3.13. The van der Waals surface area contributed by atoms with Gasteiger partial charge in [0.25, 0.3) is 0 Å². The van der Waals surface area contributed by atoms with Gasteiger partial charge in [0.15, 0.2) is 0 Å². The lowest BCUT2D eigenvalue weighted by atomic mass is 10.1. The standard InChI is InChI=1S/C8H6F3/c1-5(9)7-4-6(10)2-3-8(7)11/h2-5H,1H2. The molecule has 1 rings (SSSR count). The molecule has 59 valence electrons. The van der Waals surface area contributed by atoms with E-state index in [2.05, 4.69) is 6.92 Å². The highest BCUT2D eigenvalue weighted by molar-refractivity contribution is 5.21. The van der Waals surface area contributed by atoms with E-state index in [-0.39, 0.29) is 5.56 Å². The van der Waals surface area contributed by atoms with Crippen LogP contribution < -0.4 is 0 Å². The number of hydrogen-bond donors (Lipinski definition) is 0. The molecule has 1 unspecified atom stereocenters. The molecule has 0 spiro atoms. The van der Waals surface area contributed by atoms with E-state index in [0.717, 1.165) is 18.2 Å². The lowest BCUT2D eigenvalue weighted by Gasteiger charge is -2.02. The van der Waals surface area contributed by atoms with Crippen LogP contribution in [0.1, 0.15) is 11.7 Å². The fourth-order valence-corrected chi connectivity index (χ4v) is 0.755. The number of rotatable bonds is 1. The molecule has 0 bridgehead atoms. The second kappa shape index (κ2) is 2.95. The second-order valence-corrected chi connectivity index (χ2v) is 2.13. The van der Waals surface area contributed by atoms with Crippen LogP contribution in [0.4, 0.5) is 13.2 Å². The minimum absolute atomic E-state index is 0.343. The van der Waals surface area contributed by atoms with Crippen molar-refractivity contribution in [2.24, 2.45) is 0 Å². The van der Waals surface area contributed by atoms with Crippen LogP contribution in [-0.4, -0.2) is 0 Å². The summed E-state index contributed by atoms with van der Waals surface area (Å²) in [4.78, 5) is 0. The molecule has 0 aliphatic carbocycles. The Morgan fingerprint density at radius 3 is 2.36 bits per heavy atom. The summed E-state index contributed by atoms with van der Waals surface area (Å²) in [7, 11) is 0. The third-order valence-electron chi connectivity index (χ3n) is 1.30. The zero-order chi connectivity index (χ0) is 8.43. The maximum Gasteiger partial charge on any atom is 0.129 e. The monoisotopic (exact) mass is 159 g/mol. The van der Waals surface area contributed by atoms with E-state index < -0.39 is 17.8 Å². The zero-order valence-corrected chi connectivity index (χ0v) is 5.65. The van der Waals surface area contributed by atoms with E-state index in [1.54, 1.807) is 0 Å². The van der Waals surface area contributed by atoms with Crippen molar-refractivity contribution < 1.29 is 13.2 Å². The Bertz CT molecular complexity index is 256. The minimum Gasteiger partial charge on any atom is -0.242 e. The summed E-state index contributed by atoms with van der Waals surface area (Å²) in [5, 5.41) is 0. The van der Waals surface area contributed by atoms with E-state index in [9.17, 15) is 13.2 Å². The number of benzene rings is 1. The van der Waals surface area contributed by atoms with E-state index in [0.29, 0.717) is 0 Å². The van der Waals surface area contributed by atoms with Crippen molar-refractivity contribution in [2.45, 2.75) is 6.17 Å². The highest BCUT2D eigenvalue weighted by Crippen LogP contribution is 2.20. The summed E-state index contributed by atoms with van der Waals surface area (Å²) in [6.45, 7) is 2.94. The Kier molecular flexibility index (Phi) is 2.17. The molecule has 0 fully saturated rings. The number of halogens is 3. The molecule has 3 heteroatoms. The van der Waals surface area contributed by atoms with E-state index in [1.807, 2.05) is 0 Å². The van der Waals surface area contributed by atoms with Crippen molar-refractivity contribution in [3.63, 3.8) is 0 Å². The van der Waals surface area contributed by atoms with Gasteiger partial charge in [-0.2, -0.15) is 0 Å². The first-order chi connectivity index (χ1) is 5.11. The Morgan fingerprint density at radius 2 is 1.91 bits per heavy atom. The number of alkyl halides is 1. The molecule has 0 N–H and O–H groups in total. The third-order valence-corrected chi connectivity index (χ3v) is 1.30.